The molecule has 0 N–H and O–H groups in total. The molecule has 1 heteroatoms. The Morgan fingerprint density at radius 3 is 2.45 bits per heavy atom. The van der Waals surface area contributed by atoms with Gasteiger partial charge in [0.05, 0.1) is 0 Å². The van der Waals surface area contributed by atoms with Gasteiger partial charge in [-0.15, -0.1) is 0 Å². The molecule has 0 aromatic heterocycles. The van der Waals surface area contributed by atoms with E-state index in [2.05, 4.69) is 30.9 Å². The quantitative estimate of drug-likeness (QED) is 0.563. The van der Waals surface area contributed by atoms with Crippen molar-refractivity contribution in [3.05, 3.63) is 12.2 Å². The normalized spacial score (nSPS) is 23.1. The van der Waals surface area contributed by atoms with E-state index in [1.165, 1.54) is 32.4 Å². The van der Waals surface area contributed by atoms with E-state index in [-0.39, 0.29) is 0 Å². The molecule has 11 heavy (non-hydrogen) atoms. The van der Waals surface area contributed by atoms with Crippen LogP contribution in [0.15, 0.2) is 12.2 Å². The van der Waals surface area contributed by atoms with Crippen molar-refractivity contribution in [3.8, 4) is 0 Å². The van der Waals surface area contributed by atoms with E-state index in [1.54, 1.807) is 0 Å². The van der Waals surface area contributed by atoms with Crippen LogP contribution >= 0.6 is 0 Å². The van der Waals surface area contributed by atoms with Crippen molar-refractivity contribution >= 4 is 0 Å². The Kier molecular flexibility index (Phi) is 3.64. The molecule has 0 saturated carbocycles. The van der Waals surface area contributed by atoms with Gasteiger partial charge in [0.2, 0.25) is 0 Å². The number of hydrogen-bond acceptors (Lipinski definition) is 1. The molecule has 1 atom stereocenters. The fourth-order valence-electron chi connectivity index (χ4n) is 1.81. The molecule has 1 saturated heterocycles. The second-order valence-corrected chi connectivity index (χ2v) is 3.24. The van der Waals surface area contributed by atoms with Crippen molar-refractivity contribution in [2.75, 3.05) is 13.1 Å². The largest absolute Gasteiger partial charge is 0.297 e. The van der Waals surface area contributed by atoms with Crippen molar-refractivity contribution in [1.82, 2.24) is 4.90 Å². The molecule has 1 aliphatic rings. The van der Waals surface area contributed by atoms with Gasteiger partial charge in [0.25, 0.3) is 0 Å². The average Bonchev–Trinajstić information content (AvgIpc) is 2.52. The minimum absolute atomic E-state index is 0.711. The first-order valence-corrected chi connectivity index (χ1v) is 4.75. The first-order valence-electron chi connectivity index (χ1n) is 4.75. The van der Waals surface area contributed by atoms with Crippen molar-refractivity contribution < 1.29 is 0 Å². The summed E-state index contributed by atoms with van der Waals surface area (Å²) in [6, 6.07) is 0.711. The lowest BCUT2D eigenvalue weighted by Gasteiger charge is -2.22. The van der Waals surface area contributed by atoms with Gasteiger partial charge in [0, 0.05) is 6.04 Å². The summed E-state index contributed by atoms with van der Waals surface area (Å²) in [4.78, 5) is 2.58. The fraction of sp³-hybridized carbons (Fsp3) is 0.800. The number of likely N-dealkylation sites (tertiary alicyclic amines) is 1. The molecule has 1 fully saturated rings. The van der Waals surface area contributed by atoms with Crippen LogP contribution in [-0.4, -0.2) is 24.0 Å². The summed E-state index contributed by atoms with van der Waals surface area (Å²) in [5.41, 5.74) is 0. The van der Waals surface area contributed by atoms with Gasteiger partial charge in [0.15, 0.2) is 0 Å². The Morgan fingerprint density at radius 2 is 2.00 bits per heavy atom. The molecule has 0 radical (unpaired) electrons. The number of rotatable bonds is 3. The maximum Gasteiger partial charge on any atom is 0.0275 e. The standard InChI is InChI=1S/C10H19N/c1-3-7-10(4-2)11-8-5-6-9-11/h3,7,10H,4-6,8-9H2,1-2H3/b7-3+. The van der Waals surface area contributed by atoms with Gasteiger partial charge < -0.3 is 0 Å². The van der Waals surface area contributed by atoms with E-state index in [1.807, 2.05) is 0 Å². The molecule has 1 aliphatic heterocycles. The molecule has 1 nitrogen and oxygen atoms in total. The molecule has 0 spiro atoms. The zero-order valence-electron chi connectivity index (χ0n) is 7.71. The van der Waals surface area contributed by atoms with Gasteiger partial charge in [-0.25, -0.2) is 0 Å². The lowest BCUT2D eigenvalue weighted by Crippen LogP contribution is -2.30. The zero-order valence-corrected chi connectivity index (χ0v) is 7.71. The molecule has 0 bridgehead atoms. The van der Waals surface area contributed by atoms with Crippen molar-refractivity contribution in [3.63, 3.8) is 0 Å². The Labute approximate surface area is 70.1 Å². The van der Waals surface area contributed by atoms with Crippen molar-refractivity contribution in [2.45, 2.75) is 39.2 Å². The van der Waals surface area contributed by atoms with Crippen molar-refractivity contribution in [1.29, 1.82) is 0 Å². The third-order valence-electron chi connectivity index (χ3n) is 2.44. The second-order valence-electron chi connectivity index (χ2n) is 3.24. The maximum absolute atomic E-state index is 2.58. The average molecular weight is 153 g/mol. The van der Waals surface area contributed by atoms with Gasteiger partial charge in [-0.1, -0.05) is 19.1 Å². The Bertz CT molecular complexity index is 123. The van der Waals surface area contributed by atoms with Crippen LogP contribution in [0.25, 0.3) is 0 Å². The van der Waals surface area contributed by atoms with Crippen LogP contribution in [0, 0.1) is 0 Å². The SMILES string of the molecule is C/C=C/C(CC)N1CCCC1. The van der Waals surface area contributed by atoms with Crippen LogP contribution in [0.5, 0.6) is 0 Å². The highest BCUT2D eigenvalue weighted by molar-refractivity contribution is 4.93. The minimum Gasteiger partial charge on any atom is -0.297 e. The van der Waals surface area contributed by atoms with Gasteiger partial charge in [-0.3, -0.25) is 4.90 Å². The topological polar surface area (TPSA) is 3.24 Å². The highest BCUT2D eigenvalue weighted by Gasteiger charge is 2.17. The Morgan fingerprint density at radius 1 is 1.36 bits per heavy atom. The second kappa shape index (κ2) is 4.55. The first kappa shape index (κ1) is 8.79. The Hall–Kier alpha value is -0.300. The predicted octanol–water partition coefficient (Wildman–Crippen LogP) is 2.44. The first-order chi connectivity index (χ1) is 5.38. The molecule has 1 rings (SSSR count). The third-order valence-corrected chi connectivity index (χ3v) is 2.44. The van der Waals surface area contributed by atoms with Gasteiger partial charge in [-0.05, 0) is 39.3 Å². The molecule has 0 amide bonds. The third kappa shape index (κ3) is 2.33. The molecule has 64 valence electrons. The van der Waals surface area contributed by atoms with Gasteiger partial charge >= 0.3 is 0 Å². The fourth-order valence-corrected chi connectivity index (χ4v) is 1.81. The predicted molar refractivity (Wildman–Crippen MR) is 49.7 cm³/mol. The van der Waals surface area contributed by atoms with E-state index in [0.29, 0.717) is 6.04 Å². The van der Waals surface area contributed by atoms with E-state index in [9.17, 15) is 0 Å². The number of allylic oxidation sites excluding steroid dienone is 1. The van der Waals surface area contributed by atoms with Crippen LogP contribution in [0.2, 0.25) is 0 Å². The van der Waals surface area contributed by atoms with Crippen LogP contribution in [0.3, 0.4) is 0 Å². The molecular formula is C10H19N. The molecule has 1 heterocycles. The van der Waals surface area contributed by atoms with E-state index in [4.69, 9.17) is 0 Å². The summed E-state index contributed by atoms with van der Waals surface area (Å²) in [6.07, 6.45) is 8.55. The minimum atomic E-state index is 0.711. The summed E-state index contributed by atoms with van der Waals surface area (Å²) in [5, 5.41) is 0. The molecule has 0 aromatic carbocycles. The Balaban J connectivity index is 2.39. The smallest absolute Gasteiger partial charge is 0.0275 e. The van der Waals surface area contributed by atoms with Crippen LogP contribution < -0.4 is 0 Å². The summed E-state index contributed by atoms with van der Waals surface area (Å²) >= 11 is 0. The lowest BCUT2D eigenvalue weighted by atomic mass is 10.2. The van der Waals surface area contributed by atoms with E-state index >= 15 is 0 Å². The van der Waals surface area contributed by atoms with Gasteiger partial charge in [0.1, 0.15) is 0 Å². The van der Waals surface area contributed by atoms with Crippen LogP contribution in [0.4, 0.5) is 0 Å². The summed E-state index contributed by atoms with van der Waals surface area (Å²) < 4.78 is 0. The molecular weight excluding hydrogens is 134 g/mol. The number of nitrogens with zero attached hydrogens (tertiary/aromatic N) is 1. The summed E-state index contributed by atoms with van der Waals surface area (Å²) in [5.74, 6) is 0. The highest BCUT2D eigenvalue weighted by atomic mass is 15.2. The molecule has 1 unspecified atom stereocenters. The summed E-state index contributed by atoms with van der Waals surface area (Å²) in [6.45, 7) is 6.99. The summed E-state index contributed by atoms with van der Waals surface area (Å²) in [7, 11) is 0. The van der Waals surface area contributed by atoms with Crippen LogP contribution in [-0.2, 0) is 0 Å². The van der Waals surface area contributed by atoms with E-state index < -0.39 is 0 Å². The zero-order chi connectivity index (χ0) is 8.10. The maximum atomic E-state index is 2.58. The molecule has 0 aliphatic carbocycles. The lowest BCUT2D eigenvalue weighted by molar-refractivity contribution is 0.278. The van der Waals surface area contributed by atoms with Crippen LogP contribution in [0.1, 0.15) is 33.1 Å². The van der Waals surface area contributed by atoms with Gasteiger partial charge in [-0.2, -0.15) is 0 Å². The monoisotopic (exact) mass is 153 g/mol. The van der Waals surface area contributed by atoms with E-state index in [0.717, 1.165) is 0 Å². The highest BCUT2D eigenvalue weighted by Crippen LogP contribution is 2.14. The van der Waals surface area contributed by atoms with Crippen molar-refractivity contribution in [2.24, 2.45) is 0 Å². The molecule has 0 aromatic rings. The number of hydrogen-bond donors (Lipinski definition) is 0.